The predicted octanol–water partition coefficient (Wildman–Crippen LogP) is 4.76. The van der Waals surface area contributed by atoms with Crippen LogP contribution in [0.2, 0.25) is 10.0 Å². The van der Waals surface area contributed by atoms with Crippen molar-refractivity contribution < 1.29 is 8.42 Å². The van der Waals surface area contributed by atoms with Crippen LogP contribution in [0.15, 0.2) is 48.5 Å². The summed E-state index contributed by atoms with van der Waals surface area (Å²) in [7, 11) is -1.96. The van der Waals surface area contributed by atoms with Crippen molar-refractivity contribution in [2.24, 2.45) is 0 Å². The highest BCUT2D eigenvalue weighted by atomic mass is 35.5. The summed E-state index contributed by atoms with van der Waals surface area (Å²) in [4.78, 5) is 0. The highest BCUT2D eigenvalue weighted by Crippen LogP contribution is 2.25. The van der Waals surface area contributed by atoms with E-state index >= 15 is 0 Å². The van der Waals surface area contributed by atoms with Crippen LogP contribution in [-0.2, 0) is 22.3 Å². The van der Waals surface area contributed by atoms with Gasteiger partial charge in [0.15, 0.2) is 0 Å². The summed E-state index contributed by atoms with van der Waals surface area (Å²) in [5.41, 5.74) is 4.15. The molecule has 148 valence electrons. The summed E-state index contributed by atoms with van der Waals surface area (Å²) in [6, 6.07) is 14.6. The molecule has 0 radical (unpaired) electrons. The lowest BCUT2D eigenvalue weighted by Crippen LogP contribution is -2.28. The molecule has 28 heavy (non-hydrogen) atoms. The van der Waals surface area contributed by atoms with Crippen LogP contribution in [0, 0.1) is 13.8 Å². The maximum absolute atomic E-state index is 12.8. The minimum atomic E-state index is -3.54. The van der Waals surface area contributed by atoms with Crippen molar-refractivity contribution in [3.8, 4) is 5.69 Å². The first-order valence-corrected chi connectivity index (χ1v) is 11.0. The van der Waals surface area contributed by atoms with Gasteiger partial charge in [0.05, 0.1) is 27.2 Å². The number of nitrogens with zero attached hydrogens (tertiary/aromatic N) is 3. The highest BCUT2D eigenvalue weighted by Gasteiger charge is 2.23. The molecule has 8 heteroatoms. The molecule has 5 nitrogen and oxygen atoms in total. The number of rotatable bonds is 6. The van der Waals surface area contributed by atoms with Gasteiger partial charge >= 0.3 is 0 Å². The van der Waals surface area contributed by atoms with Crippen LogP contribution in [0.5, 0.6) is 0 Å². The Morgan fingerprint density at radius 3 is 2.36 bits per heavy atom. The van der Waals surface area contributed by atoms with Gasteiger partial charge < -0.3 is 0 Å². The molecule has 0 saturated carbocycles. The molecule has 0 unspecified atom stereocenters. The van der Waals surface area contributed by atoms with Crippen molar-refractivity contribution in [2.75, 3.05) is 7.05 Å². The number of hydrogen-bond donors (Lipinski definition) is 0. The molecule has 1 aromatic heterocycles. The van der Waals surface area contributed by atoms with Crippen LogP contribution in [0.25, 0.3) is 5.69 Å². The molecule has 0 bridgehead atoms. The summed E-state index contributed by atoms with van der Waals surface area (Å²) in [5.74, 6) is -0.148. The van der Waals surface area contributed by atoms with Gasteiger partial charge in [0.1, 0.15) is 0 Å². The Hall–Kier alpha value is -1.86. The van der Waals surface area contributed by atoms with Crippen LogP contribution >= 0.6 is 23.2 Å². The summed E-state index contributed by atoms with van der Waals surface area (Å²) in [5, 5.41) is 5.32. The van der Waals surface area contributed by atoms with Crippen LogP contribution in [-0.4, -0.2) is 29.6 Å². The second-order valence-corrected chi connectivity index (χ2v) is 9.55. The van der Waals surface area contributed by atoms with E-state index in [2.05, 4.69) is 5.10 Å². The van der Waals surface area contributed by atoms with Gasteiger partial charge in [-0.25, -0.2) is 17.4 Å². The van der Waals surface area contributed by atoms with Gasteiger partial charge in [0.25, 0.3) is 0 Å². The molecule has 0 aliphatic heterocycles. The molecule has 0 N–H and O–H groups in total. The van der Waals surface area contributed by atoms with Crippen LogP contribution in [0.1, 0.15) is 22.5 Å². The molecule has 0 aliphatic carbocycles. The Kier molecular flexibility index (Phi) is 6.15. The van der Waals surface area contributed by atoms with Gasteiger partial charge in [-0.2, -0.15) is 5.10 Å². The maximum Gasteiger partial charge on any atom is 0.218 e. The van der Waals surface area contributed by atoms with Crippen molar-refractivity contribution >= 4 is 33.2 Å². The molecule has 0 atom stereocenters. The van der Waals surface area contributed by atoms with Crippen LogP contribution in [0.3, 0.4) is 0 Å². The monoisotopic (exact) mass is 437 g/mol. The molecule has 1 heterocycles. The first-order chi connectivity index (χ1) is 13.2. The fraction of sp³-hybridized carbons (Fsp3) is 0.250. The minimum Gasteiger partial charge on any atom is -0.238 e. The quantitative estimate of drug-likeness (QED) is 0.558. The van der Waals surface area contributed by atoms with Gasteiger partial charge in [0.2, 0.25) is 10.0 Å². The zero-order valence-corrected chi connectivity index (χ0v) is 18.2. The molecule has 0 amide bonds. The SMILES string of the molecule is Cc1nn(-c2ccccc2)c(C)c1CN(C)S(=O)(=O)Cc1ccc(Cl)c(Cl)c1. The normalized spacial score (nSPS) is 11.9. The Labute approximate surface area is 175 Å². The van der Waals surface area contributed by atoms with Crippen LogP contribution < -0.4 is 0 Å². The number of aryl methyl sites for hydroxylation is 1. The third kappa shape index (κ3) is 4.41. The van der Waals surface area contributed by atoms with E-state index in [9.17, 15) is 8.42 Å². The topological polar surface area (TPSA) is 55.2 Å². The molecule has 0 fully saturated rings. The number of sulfonamides is 1. The van der Waals surface area contributed by atoms with Gasteiger partial charge in [-0.15, -0.1) is 0 Å². The zero-order chi connectivity index (χ0) is 20.5. The number of para-hydroxylation sites is 1. The zero-order valence-electron chi connectivity index (χ0n) is 15.9. The van der Waals surface area contributed by atoms with E-state index in [-0.39, 0.29) is 12.3 Å². The van der Waals surface area contributed by atoms with Crippen molar-refractivity contribution in [2.45, 2.75) is 26.1 Å². The number of benzene rings is 2. The fourth-order valence-corrected chi connectivity index (χ4v) is 4.46. The molecule has 2 aromatic carbocycles. The van der Waals surface area contributed by atoms with Crippen molar-refractivity contribution in [3.05, 3.63) is 81.1 Å². The highest BCUT2D eigenvalue weighted by molar-refractivity contribution is 7.88. The molecule has 0 aliphatic rings. The van der Waals surface area contributed by atoms with E-state index in [0.29, 0.717) is 15.6 Å². The van der Waals surface area contributed by atoms with Gasteiger partial charge in [-0.05, 0) is 43.7 Å². The van der Waals surface area contributed by atoms with E-state index in [1.165, 1.54) is 4.31 Å². The molecular formula is C20H21Cl2N3O2S. The fourth-order valence-electron chi connectivity index (χ4n) is 3.00. The van der Waals surface area contributed by atoms with E-state index in [4.69, 9.17) is 23.2 Å². The largest absolute Gasteiger partial charge is 0.238 e. The lowest BCUT2D eigenvalue weighted by atomic mass is 10.2. The smallest absolute Gasteiger partial charge is 0.218 e. The molecule has 0 spiro atoms. The second kappa shape index (κ2) is 8.25. The van der Waals surface area contributed by atoms with Crippen LogP contribution in [0.4, 0.5) is 0 Å². The van der Waals surface area contributed by atoms with Gasteiger partial charge in [0, 0.05) is 24.8 Å². The summed E-state index contributed by atoms with van der Waals surface area (Å²) in [6.07, 6.45) is 0. The third-order valence-corrected chi connectivity index (χ3v) is 7.15. The maximum atomic E-state index is 12.8. The first kappa shape index (κ1) is 20.9. The number of halogens is 2. The average Bonchev–Trinajstić information content (AvgIpc) is 2.93. The molecule has 3 rings (SSSR count). The second-order valence-electron chi connectivity index (χ2n) is 6.66. The Balaban J connectivity index is 1.83. The number of hydrogen-bond acceptors (Lipinski definition) is 3. The lowest BCUT2D eigenvalue weighted by Gasteiger charge is -2.18. The molecule has 3 aromatic rings. The van der Waals surface area contributed by atoms with Crippen molar-refractivity contribution in [1.29, 1.82) is 0 Å². The van der Waals surface area contributed by atoms with Gasteiger partial charge in [-0.1, -0.05) is 47.5 Å². The van der Waals surface area contributed by atoms with Crippen molar-refractivity contribution in [3.63, 3.8) is 0 Å². The van der Waals surface area contributed by atoms with Crippen molar-refractivity contribution in [1.82, 2.24) is 14.1 Å². The summed E-state index contributed by atoms with van der Waals surface area (Å²) in [6.45, 7) is 4.08. The lowest BCUT2D eigenvalue weighted by molar-refractivity contribution is 0.464. The minimum absolute atomic E-state index is 0.148. The third-order valence-electron chi connectivity index (χ3n) is 4.63. The van der Waals surface area contributed by atoms with Gasteiger partial charge in [-0.3, -0.25) is 0 Å². The van der Waals surface area contributed by atoms with E-state index in [1.54, 1.807) is 25.2 Å². The van der Waals surface area contributed by atoms with E-state index in [0.717, 1.165) is 22.6 Å². The average molecular weight is 438 g/mol. The molecular weight excluding hydrogens is 417 g/mol. The summed E-state index contributed by atoms with van der Waals surface area (Å²) >= 11 is 11.9. The predicted molar refractivity (Wildman–Crippen MR) is 114 cm³/mol. The van der Waals surface area contributed by atoms with E-state index < -0.39 is 10.0 Å². The Morgan fingerprint density at radius 2 is 1.71 bits per heavy atom. The molecule has 0 saturated heterocycles. The first-order valence-electron chi connectivity index (χ1n) is 8.67. The summed E-state index contributed by atoms with van der Waals surface area (Å²) < 4.78 is 28.8. The Morgan fingerprint density at radius 1 is 1.04 bits per heavy atom. The number of aromatic nitrogens is 2. The van der Waals surface area contributed by atoms with E-state index in [1.807, 2.05) is 48.9 Å². The Bertz CT molecular complexity index is 1100. The standard InChI is InChI=1S/C20H21Cl2N3O2S/c1-14-18(15(2)25(23-14)17-7-5-4-6-8-17)12-24(3)28(26,27)13-16-9-10-19(21)20(22)11-16/h4-11H,12-13H2,1-3H3.